The summed E-state index contributed by atoms with van der Waals surface area (Å²) >= 11 is 1.52. The smallest absolute Gasteiger partial charge is 0.304 e. The summed E-state index contributed by atoms with van der Waals surface area (Å²) in [5.41, 5.74) is -0.0308. The predicted octanol–water partition coefficient (Wildman–Crippen LogP) is 2.68. The number of thioether (sulfide) groups is 1. The molecule has 0 radical (unpaired) electrons. The van der Waals surface area contributed by atoms with Crippen LogP contribution in [0.2, 0.25) is 0 Å². The van der Waals surface area contributed by atoms with Crippen LogP contribution in [0.3, 0.4) is 0 Å². The summed E-state index contributed by atoms with van der Waals surface area (Å²) in [5.74, 6) is 1.98. The van der Waals surface area contributed by atoms with Crippen LogP contribution in [0.4, 0.5) is 0 Å². The second kappa shape index (κ2) is 5.39. The molecule has 0 saturated heterocycles. The molecule has 1 aromatic heterocycles. The number of rotatable bonds is 5. The fourth-order valence-corrected chi connectivity index (χ4v) is 1.81. The van der Waals surface area contributed by atoms with Crippen molar-refractivity contribution in [3.8, 4) is 0 Å². The zero-order valence-electron chi connectivity index (χ0n) is 9.82. The first kappa shape index (κ1) is 13.1. The minimum Gasteiger partial charge on any atom is -0.481 e. The Morgan fingerprint density at radius 2 is 2.25 bits per heavy atom. The van der Waals surface area contributed by atoms with Crippen LogP contribution in [0.15, 0.2) is 10.6 Å². The summed E-state index contributed by atoms with van der Waals surface area (Å²) in [4.78, 5) is 14.5. The minimum atomic E-state index is -0.768. The molecule has 0 bridgehead atoms. The number of carbonyl (C=O) groups is 1. The Morgan fingerprint density at radius 1 is 1.56 bits per heavy atom. The van der Waals surface area contributed by atoms with Crippen LogP contribution in [0, 0.1) is 0 Å². The fraction of sp³-hybridized carbons (Fsp3) is 0.636. The van der Waals surface area contributed by atoms with Crippen LogP contribution in [-0.2, 0) is 16.0 Å². The lowest BCUT2D eigenvalue weighted by molar-refractivity contribution is -0.136. The molecular formula is C11H17NO3S. The second-order valence-electron chi connectivity index (χ2n) is 4.56. The molecule has 4 nitrogen and oxygen atoms in total. The van der Waals surface area contributed by atoms with Gasteiger partial charge in [-0.15, -0.1) is 0 Å². The highest BCUT2D eigenvalue weighted by Gasteiger charge is 2.18. The largest absolute Gasteiger partial charge is 0.481 e. The standard InChI is InChI=1S/C11H17NO3S/c1-11(2,3)8-6-12-9(15-8)7-16-5-4-10(13)14/h6H,4-5,7H2,1-3H3,(H,13,14). The van der Waals surface area contributed by atoms with Gasteiger partial charge in [0.2, 0.25) is 5.89 Å². The van der Waals surface area contributed by atoms with Gasteiger partial charge in [-0.3, -0.25) is 4.79 Å². The number of carboxylic acids is 1. The van der Waals surface area contributed by atoms with Crippen LogP contribution in [0.25, 0.3) is 0 Å². The number of nitrogens with zero attached hydrogens (tertiary/aromatic N) is 1. The molecule has 0 atom stereocenters. The lowest BCUT2D eigenvalue weighted by Gasteiger charge is -2.12. The van der Waals surface area contributed by atoms with Crippen molar-refractivity contribution in [3.63, 3.8) is 0 Å². The molecule has 0 spiro atoms. The molecule has 16 heavy (non-hydrogen) atoms. The molecule has 0 aliphatic carbocycles. The molecule has 1 rings (SSSR count). The van der Waals surface area contributed by atoms with E-state index in [9.17, 15) is 4.79 Å². The average Bonchev–Trinajstić information content (AvgIpc) is 2.59. The number of carboxylic acid groups (broad SMARTS) is 1. The molecule has 0 fully saturated rings. The molecule has 0 aliphatic rings. The van der Waals surface area contributed by atoms with Crippen molar-refractivity contribution in [2.75, 3.05) is 5.75 Å². The van der Waals surface area contributed by atoms with Gasteiger partial charge in [0, 0.05) is 11.2 Å². The van der Waals surface area contributed by atoms with Crippen molar-refractivity contribution in [2.24, 2.45) is 0 Å². The zero-order chi connectivity index (χ0) is 12.2. The van der Waals surface area contributed by atoms with Gasteiger partial charge in [0.15, 0.2) is 0 Å². The van der Waals surface area contributed by atoms with Crippen LogP contribution in [0.5, 0.6) is 0 Å². The van der Waals surface area contributed by atoms with Gasteiger partial charge in [0.1, 0.15) is 5.76 Å². The van der Waals surface area contributed by atoms with E-state index < -0.39 is 5.97 Å². The number of aromatic nitrogens is 1. The maximum Gasteiger partial charge on any atom is 0.304 e. The molecule has 5 heteroatoms. The Labute approximate surface area is 99.4 Å². The summed E-state index contributed by atoms with van der Waals surface area (Å²) < 4.78 is 5.58. The van der Waals surface area contributed by atoms with Gasteiger partial charge in [0.05, 0.1) is 18.4 Å². The monoisotopic (exact) mass is 243 g/mol. The molecule has 0 amide bonds. The minimum absolute atomic E-state index is 0.0308. The molecule has 1 heterocycles. The summed E-state index contributed by atoms with van der Waals surface area (Å²) in [5, 5.41) is 8.47. The molecule has 0 unspecified atom stereocenters. The van der Waals surface area contributed by atoms with Gasteiger partial charge in [-0.1, -0.05) is 20.8 Å². The molecule has 90 valence electrons. The van der Waals surface area contributed by atoms with Crippen molar-refractivity contribution in [1.29, 1.82) is 0 Å². The van der Waals surface area contributed by atoms with Crippen LogP contribution >= 0.6 is 11.8 Å². The van der Waals surface area contributed by atoms with Crippen molar-refractivity contribution in [1.82, 2.24) is 4.98 Å². The van der Waals surface area contributed by atoms with E-state index in [2.05, 4.69) is 25.8 Å². The number of oxazole rings is 1. The first-order chi connectivity index (χ1) is 7.39. The molecule has 1 N–H and O–H groups in total. The third-order valence-corrected chi connectivity index (χ3v) is 2.92. The lowest BCUT2D eigenvalue weighted by atomic mass is 9.94. The number of hydrogen-bond donors (Lipinski definition) is 1. The number of hydrogen-bond acceptors (Lipinski definition) is 4. The summed E-state index contributed by atoms with van der Waals surface area (Å²) in [6.45, 7) is 6.19. The molecular weight excluding hydrogens is 226 g/mol. The molecule has 1 aromatic rings. The quantitative estimate of drug-likeness (QED) is 0.805. The van der Waals surface area contributed by atoms with E-state index in [-0.39, 0.29) is 11.8 Å². The van der Waals surface area contributed by atoms with Gasteiger partial charge in [0.25, 0.3) is 0 Å². The SMILES string of the molecule is CC(C)(C)c1cnc(CSCCC(=O)O)o1. The van der Waals surface area contributed by atoms with E-state index in [1.165, 1.54) is 11.8 Å². The zero-order valence-corrected chi connectivity index (χ0v) is 10.6. The van der Waals surface area contributed by atoms with Crippen LogP contribution < -0.4 is 0 Å². The van der Waals surface area contributed by atoms with E-state index in [0.29, 0.717) is 17.4 Å². The van der Waals surface area contributed by atoms with Crippen molar-refractivity contribution >= 4 is 17.7 Å². The van der Waals surface area contributed by atoms with E-state index >= 15 is 0 Å². The fourth-order valence-electron chi connectivity index (χ4n) is 1.04. The second-order valence-corrected chi connectivity index (χ2v) is 5.67. The van der Waals surface area contributed by atoms with Gasteiger partial charge in [-0.05, 0) is 0 Å². The van der Waals surface area contributed by atoms with Gasteiger partial charge in [-0.25, -0.2) is 4.98 Å². The van der Waals surface area contributed by atoms with Crippen LogP contribution in [0.1, 0.15) is 38.8 Å². The first-order valence-corrected chi connectivity index (χ1v) is 6.30. The highest BCUT2D eigenvalue weighted by Crippen LogP contribution is 2.24. The van der Waals surface area contributed by atoms with Gasteiger partial charge < -0.3 is 9.52 Å². The van der Waals surface area contributed by atoms with Gasteiger partial charge >= 0.3 is 5.97 Å². The molecule has 0 aliphatic heterocycles. The van der Waals surface area contributed by atoms with E-state index in [4.69, 9.17) is 9.52 Å². The summed E-state index contributed by atoms with van der Waals surface area (Å²) in [6, 6.07) is 0. The normalized spacial score (nSPS) is 11.7. The summed E-state index contributed by atoms with van der Waals surface area (Å²) in [7, 11) is 0. The number of aliphatic carboxylic acids is 1. The highest BCUT2D eigenvalue weighted by molar-refractivity contribution is 7.98. The first-order valence-electron chi connectivity index (χ1n) is 5.14. The Kier molecular flexibility index (Phi) is 4.41. The van der Waals surface area contributed by atoms with E-state index in [0.717, 1.165) is 5.76 Å². The third-order valence-electron chi connectivity index (χ3n) is 1.98. The third kappa shape index (κ3) is 4.26. The Morgan fingerprint density at radius 3 is 2.75 bits per heavy atom. The van der Waals surface area contributed by atoms with Crippen LogP contribution in [-0.4, -0.2) is 21.8 Å². The summed E-state index contributed by atoms with van der Waals surface area (Å²) in [6.07, 6.45) is 1.92. The Bertz CT molecular complexity index is 354. The maximum absolute atomic E-state index is 10.3. The predicted molar refractivity (Wildman–Crippen MR) is 63.6 cm³/mol. The average molecular weight is 243 g/mol. The Hall–Kier alpha value is -0.970. The molecule has 0 saturated carbocycles. The van der Waals surface area contributed by atoms with Crippen molar-refractivity contribution in [2.45, 2.75) is 38.4 Å². The van der Waals surface area contributed by atoms with E-state index in [1.54, 1.807) is 6.20 Å². The maximum atomic E-state index is 10.3. The Balaban J connectivity index is 2.38. The topological polar surface area (TPSA) is 63.3 Å². The molecule has 0 aromatic carbocycles. The van der Waals surface area contributed by atoms with Crippen molar-refractivity contribution < 1.29 is 14.3 Å². The van der Waals surface area contributed by atoms with E-state index in [1.807, 2.05) is 0 Å². The van der Waals surface area contributed by atoms with Crippen molar-refractivity contribution in [3.05, 3.63) is 17.8 Å². The van der Waals surface area contributed by atoms with Gasteiger partial charge in [-0.2, -0.15) is 11.8 Å². The highest BCUT2D eigenvalue weighted by atomic mass is 32.2. The lowest BCUT2D eigenvalue weighted by Crippen LogP contribution is -2.09.